The molecule has 0 unspecified atom stereocenters. The number of hydrogen-bond donors (Lipinski definition) is 1. The predicted octanol–water partition coefficient (Wildman–Crippen LogP) is 0.863. The lowest BCUT2D eigenvalue weighted by Gasteiger charge is -1.95. The number of aryl methyl sites for hydroxylation is 1. The zero-order chi connectivity index (χ0) is 8.27. The zero-order valence-electron chi connectivity index (χ0n) is 6.25. The number of ether oxygens (including phenoxy) is 2. The van der Waals surface area contributed by atoms with E-state index in [-0.39, 0.29) is 5.88 Å². The van der Waals surface area contributed by atoms with Crippen LogP contribution in [0.1, 0.15) is 5.69 Å². The number of aromatic amines is 1. The maximum atomic E-state index is 10.5. The summed E-state index contributed by atoms with van der Waals surface area (Å²) in [5, 5.41) is 6.27. The highest BCUT2D eigenvalue weighted by Gasteiger charge is 2.04. The maximum absolute atomic E-state index is 10.5. The van der Waals surface area contributed by atoms with E-state index in [1.807, 2.05) is 0 Å². The molecule has 0 aliphatic rings. The Morgan fingerprint density at radius 2 is 2.45 bits per heavy atom. The zero-order valence-corrected chi connectivity index (χ0v) is 6.25. The lowest BCUT2D eigenvalue weighted by molar-refractivity contribution is 0.119. The van der Waals surface area contributed by atoms with Crippen LogP contribution in [0, 0.1) is 6.92 Å². The number of nitrogens with zero attached hydrogens (tertiary/aromatic N) is 1. The summed E-state index contributed by atoms with van der Waals surface area (Å²) in [4.78, 5) is 10.5. The third-order valence-corrected chi connectivity index (χ3v) is 1.04. The molecule has 1 aromatic heterocycles. The van der Waals surface area contributed by atoms with Gasteiger partial charge < -0.3 is 9.47 Å². The Kier molecular flexibility index (Phi) is 2.10. The molecule has 0 spiro atoms. The average molecular weight is 156 g/mol. The van der Waals surface area contributed by atoms with E-state index in [9.17, 15) is 4.79 Å². The molecule has 5 nitrogen and oxygen atoms in total. The third-order valence-electron chi connectivity index (χ3n) is 1.04. The second kappa shape index (κ2) is 3.05. The summed E-state index contributed by atoms with van der Waals surface area (Å²) < 4.78 is 8.83. The van der Waals surface area contributed by atoms with Crippen molar-refractivity contribution in [3.8, 4) is 5.88 Å². The molecule has 1 aromatic rings. The first kappa shape index (κ1) is 7.59. The molecule has 60 valence electrons. The maximum Gasteiger partial charge on any atom is 0.514 e. The van der Waals surface area contributed by atoms with Crippen LogP contribution >= 0.6 is 0 Å². The molecule has 0 fully saturated rings. The summed E-state index contributed by atoms with van der Waals surface area (Å²) in [7, 11) is 1.24. The Hall–Kier alpha value is -1.52. The van der Waals surface area contributed by atoms with Gasteiger partial charge in [0.05, 0.1) is 7.11 Å². The van der Waals surface area contributed by atoms with Gasteiger partial charge in [0.1, 0.15) is 0 Å². The Labute approximate surface area is 63.3 Å². The molecule has 0 saturated carbocycles. The summed E-state index contributed by atoms with van der Waals surface area (Å²) >= 11 is 0. The van der Waals surface area contributed by atoms with Gasteiger partial charge in [0.25, 0.3) is 0 Å². The van der Waals surface area contributed by atoms with Gasteiger partial charge >= 0.3 is 6.16 Å². The predicted molar refractivity (Wildman–Crippen MR) is 36.4 cm³/mol. The monoisotopic (exact) mass is 156 g/mol. The third kappa shape index (κ3) is 1.96. The molecule has 0 aliphatic heterocycles. The van der Waals surface area contributed by atoms with Gasteiger partial charge in [-0.1, -0.05) is 0 Å². The molecule has 1 rings (SSSR count). The van der Waals surface area contributed by atoms with Crippen LogP contribution in [0.4, 0.5) is 4.79 Å². The van der Waals surface area contributed by atoms with Crippen molar-refractivity contribution in [3.63, 3.8) is 0 Å². The normalized spacial score (nSPS) is 9.27. The Morgan fingerprint density at radius 1 is 1.73 bits per heavy atom. The van der Waals surface area contributed by atoms with Gasteiger partial charge in [0.2, 0.25) is 5.88 Å². The highest BCUT2D eigenvalue weighted by atomic mass is 16.7. The van der Waals surface area contributed by atoms with Crippen molar-refractivity contribution in [3.05, 3.63) is 11.8 Å². The average Bonchev–Trinajstić information content (AvgIpc) is 2.35. The minimum atomic E-state index is -0.767. The van der Waals surface area contributed by atoms with Crippen molar-refractivity contribution in [1.82, 2.24) is 10.2 Å². The molecule has 0 radical (unpaired) electrons. The highest BCUT2D eigenvalue weighted by molar-refractivity contribution is 5.62. The molecule has 0 amide bonds. The Bertz CT molecular complexity index is 256. The van der Waals surface area contributed by atoms with Crippen molar-refractivity contribution < 1.29 is 14.3 Å². The quantitative estimate of drug-likeness (QED) is 0.612. The fraction of sp³-hybridized carbons (Fsp3) is 0.333. The molecular weight excluding hydrogens is 148 g/mol. The van der Waals surface area contributed by atoms with Crippen LogP contribution in [0.25, 0.3) is 0 Å². The minimum absolute atomic E-state index is 0.217. The molecular formula is C6H8N2O3. The number of carbonyl (C=O) groups is 1. The van der Waals surface area contributed by atoms with Gasteiger partial charge in [-0.3, -0.25) is 5.10 Å². The summed E-state index contributed by atoms with van der Waals surface area (Å²) in [6, 6.07) is 1.59. The van der Waals surface area contributed by atoms with Gasteiger partial charge in [0, 0.05) is 11.8 Å². The lowest BCUT2D eigenvalue weighted by atomic mass is 10.5. The van der Waals surface area contributed by atoms with Gasteiger partial charge in [-0.2, -0.15) is 0 Å². The van der Waals surface area contributed by atoms with E-state index in [1.54, 1.807) is 13.0 Å². The van der Waals surface area contributed by atoms with Crippen molar-refractivity contribution in [1.29, 1.82) is 0 Å². The number of carbonyl (C=O) groups excluding carboxylic acids is 1. The van der Waals surface area contributed by atoms with Crippen LogP contribution in [-0.2, 0) is 4.74 Å². The van der Waals surface area contributed by atoms with Crippen LogP contribution in [0.2, 0.25) is 0 Å². The molecule has 0 atom stereocenters. The van der Waals surface area contributed by atoms with E-state index < -0.39 is 6.16 Å². The first-order valence-electron chi connectivity index (χ1n) is 3.00. The number of hydrogen-bond acceptors (Lipinski definition) is 4. The summed E-state index contributed by atoms with van der Waals surface area (Å²) in [6.45, 7) is 1.80. The SMILES string of the molecule is COC(=O)Oc1cc(C)[nH]n1. The van der Waals surface area contributed by atoms with Crippen LogP contribution < -0.4 is 4.74 Å². The van der Waals surface area contributed by atoms with E-state index >= 15 is 0 Å². The summed E-state index contributed by atoms with van der Waals surface area (Å²) in [5.41, 5.74) is 0.823. The second-order valence-corrected chi connectivity index (χ2v) is 1.95. The Morgan fingerprint density at radius 3 is 2.91 bits per heavy atom. The van der Waals surface area contributed by atoms with E-state index in [0.29, 0.717) is 0 Å². The van der Waals surface area contributed by atoms with E-state index in [0.717, 1.165) is 5.69 Å². The number of aromatic nitrogens is 2. The summed E-state index contributed by atoms with van der Waals surface area (Å²) in [6.07, 6.45) is -0.767. The van der Waals surface area contributed by atoms with Gasteiger partial charge in [-0.25, -0.2) is 4.79 Å². The summed E-state index contributed by atoms with van der Waals surface area (Å²) in [5.74, 6) is 0.217. The van der Waals surface area contributed by atoms with E-state index in [2.05, 4.69) is 19.7 Å². The van der Waals surface area contributed by atoms with E-state index in [1.165, 1.54) is 7.11 Å². The highest BCUT2D eigenvalue weighted by Crippen LogP contribution is 2.06. The van der Waals surface area contributed by atoms with Crippen LogP contribution in [0.15, 0.2) is 6.07 Å². The van der Waals surface area contributed by atoms with Gasteiger partial charge in [0.15, 0.2) is 0 Å². The topological polar surface area (TPSA) is 64.2 Å². The van der Waals surface area contributed by atoms with Crippen LogP contribution in [0.5, 0.6) is 5.88 Å². The van der Waals surface area contributed by atoms with Crippen molar-refractivity contribution >= 4 is 6.16 Å². The van der Waals surface area contributed by atoms with Crippen molar-refractivity contribution in [2.75, 3.05) is 7.11 Å². The molecule has 5 heteroatoms. The first-order chi connectivity index (χ1) is 5.22. The van der Waals surface area contributed by atoms with Gasteiger partial charge in [-0.15, -0.1) is 5.10 Å². The molecule has 0 aromatic carbocycles. The molecule has 0 bridgehead atoms. The number of nitrogens with one attached hydrogen (secondary N) is 1. The largest absolute Gasteiger partial charge is 0.514 e. The first-order valence-corrected chi connectivity index (χ1v) is 3.00. The van der Waals surface area contributed by atoms with Gasteiger partial charge in [-0.05, 0) is 6.92 Å². The number of H-pyrrole nitrogens is 1. The molecule has 0 saturated heterocycles. The fourth-order valence-corrected chi connectivity index (χ4v) is 0.572. The second-order valence-electron chi connectivity index (χ2n) is 1.95. The molecule has 0 aliphatic carbocycles. The Balaban J connectivity index is 2.57. The fourth-order valence-electron chi connectivity index (χ4n) is 0.572. The van der Waals surface area contributed by atoms with Crippen LogP contribution in [-0.4, -0.2) is 23.5 Å². The number of methoxy groups -OCH3 is 1. The molecule has 11 heavy (non-hydrogen) atoms. The van der Waals surface area contributed by atoms with Crippen molar-refractivity contribution in [2.24, 2.45) is 0 Å². The smallest absolute Gasteiger partial charge is 0.437 e. The lowest BCUT2D eigenvalue weighted by Crippen LogP contribution is -2.07. The van der Waals surface area contributed by atoms with Crippen LogP contribution in [0.3, 0.4) is 0 Å². The number of rotatable bonds is 1. The molecule has 1 heterocycles. The minimum Gasteiger partial charge on any atom is -0.437 e. The van der Waals surface area contributed by atoms with Crippen molar-refractivity contribution in [2.45, 2.75) is 6.92 Å². The van der Waals surface area contributed by atoms with E-state index in [4.69, 9.17) is 0 Å². The molecule has 1 N–H and O–H groups in total. The standard InChI is InChI=1S/C6H8N2O3/c1-4-3-5(8-7-4)11-6(9)10-2/h3H,1-2H3,(H,7,8).